The quantitative estimate of drug-likeness (QED) is 0.598. The van der Waals surface area contributed by atoms with E-state index < -0.39 is 11.8 Å². The van der Waals surface area contributed by atoms with E-state index >= 15 is 0 Å². The van der Waals surface area contributed by atoms with Crippen LogP contribution in [0.1, 0.15) is 48.1 Å². The summed E-state index contributed by atoms with van der Waals surface area (Å²) in [7, 11) is 0. The lowest BCUT2D eigenvalue weighted by Crippen LogP contribution is -2.29. The van der Waals surface area contributed by atoms with Crippen molar-refractivity contribution in [3.8, 4) is 6.07 Å². The molecule has 1 aromatic heterocycles. The maximum Gasteiger partial charge on any atom is 0.220 e. The number of benzene rings is 2. The van der Waals surface area contributed by atoms with Crippen LogP contribution < -0.4 is 16.9 Å². The Morgan fingerprint density at radius 2 is 1.93 bits per heavy atom. The van der Waals surface area contributed by atoms with Crippen LogP contribution in [0.2, 0.25) is 0 Å². The second kappa shape index (κ2) is 9.38. The van der Waals surface area contributed by atoms with E-state index in [9.17, 15) is 14.9 Å². The Morgan fingerprint density at radius 1 is 1.20 bits per heavy atom. The van der Waals surface area contributed by atoms with Crippen LogP contribution in [-0.2, 0) is 11.2 Å². The zero-order chi connectivity index (χ0) is 21.7. The average Bonchev–Trinajstić information content (AvgIpc) is 2.76. The molecule has 0 radical (unpaired) electrons. The number of carbonyl (C=O) groups excluding carboxylic acids is 1. The number of amides is 1. The minimum atomic E-state index is -0.536. The molecule has 0 fully saturated rings. The number of nitrogens with zero attached hydrogens (tertiary/aromatic N) is 1. The molecule has 1 heterocycles. The van der Waals surface area contributed by atoms with Crippen molar-refractivity contribution in [1.29, 1.82) is 5.26 Å². The number of nitriles is 1. The first-order valence-electron chi connectivity index (χ1n) is 9.99. The minimum Gasteiger partial charge on any atom is -0.460 e. The Morgan fingerprint density at radius 3 is 2.57 bits per heavy atom. The van der Waals surface area contributed by atoms with Crippen molar-refractivity contribution >= 4 is 16.9 Å². The number of nitrogens with two attached hydrogens (primary N) is 2. The van der Waals surface area contributed by atoms with E-state index in [1.807, 2.05) is 30.3 Å². The van der Waals surface area contributed by atoms with Gasteiger partial charge in [0.15, 0.2) is 5.43 Å². The molecule has 6 heteroatoms. The lowest BCUT2D eigenvalue weighted by molar-refractivity contribution is -0.122. The number of rotatable bonds is 8. The summed E-state index contributed by atoms with van der Waals surface area (Å²) in [6.45, 7) is 2.19. The molecule has 154 valence electrons. The fraction of sp³-hybridized carbons (Fsp3) is 0.292. The maximum atomic E-state index is 13.4. The number of hydrogen-bond donors (Lipinski definition) is 2. The number of fused-ring (bicyclic) bond motifs is 1. The van der Waals surface area contributed by atoms with E-state index in [4.69, 9.17) is 15.9 Å². The summed E-state index contributed by atoms with van der Waals surface area (Å²) in [5, 5.41) is 9.64. The number of carbonyl (C=O) groups is 1. The third kappa shape index (κ3) is 4.42. The van der Waals surface area contributed by atoms with Crippen molar-refractivity contribution in [2.45, 2.75) is 32.1 Å². The van der Waals surface area contributed by atoms with E-state index in [1.165, 1.54) is 0 Å². The summed E-state index contributed by atoms with van der Waals surface area (Å²) in [6.07, 6.45) is 1.60. The molecular weight excluding hydrogens is 378 g/mol. The Labute approximate surface area is 175 Å². The lowest BCUT2D eigenvalue weighted by atomic mass is 9.83. The van der Waals surface area contributed by atoms with Gasteiger partial charge in [-0.15, -0.1) is 0 Å². The molecule has 6 nitrogen and oxygen atoms in total. The van der Waals surface area contributed by atoms with Crippen LogP contribution in [0.5, 0.6) is 0 Å². The Hall–Kier alpha value is -3.43. The van der Waals surface area contributed by atoms with Crippen LogP contribution in [0.4, 0.5) is 0 Å². The molecule has 0 aliphatic heterocycles. The summed E-state index contributed by atoms with van der Waals surface area (Å²) >= 11 is 0. The highest BCUT2D eigenvalue weighted by Gasteiger charge is 2.30. The largest absolute Gasteiger partial charge is 0.460 e. The standard InChI is InChI=1S/C24H25N3O3/c1-15(24(27)29)18(8-5-11-25)23-20(12-16-6-3-2-4-7-16)22(28)19-10-9-17(14-26)13-21(19)30-23/h2-4,6-7,9-10,13,15,18H,5,8,11-12,25H2,1H3,(H2,27,29). The molecule has 0 saturated heterocycles. The molecule has 2 aromatic carbocycles. The highest BCUT2D eigenvalue weighted by atomic mass is 16.3. The molecule has 1 amide bonds. The van der Waals surface area contributed by atoms with Gasteiger partial charge in [-0.25, -0.2) is 0 Å². The van der Waals surface area contributed by atoms with Gasteiger partial charge in [0.05, 0.1) is 17.0 Å². The molecule has 0 spiro atoms. The van der Waals surface area contributed by atoms with E-state index in [-0.39, 0.29) is 11.3 Å². The van der Waals surface area contributed by atoms with Gasteiger partial charge in [-0.3, -0.25) is 9.59 Å². The zero-order valence-corrected chi connectivity index (χ0v) is 16.9. The van der Waals surface area contributed by atoms with Crippen molar-refractivity contribution in [3.63, 3.8) is 0 Å². The van der Waals surface area contributed by atoms with Crippen LogP contribution in [-0.4, -0.2) is 12.5 Å². The molecule has 30 heavy (non-hydrogen) atoms. The smallest absolute Gasteiger partial charge is 0.220 e. The number of hydrogen-bond acceptors (Lipinski definition) is 5. The maximum absolute atomic E-state index is 13.4. The molecule has 4 N–H and O–H groups in total. The van der Waals surface area contributed by atoms with Crippen molar-refractivity contribution < 1.29 is 9.21 Å². The van der Waals surface area contributed by atoms with Crippen LogP contribution in [0, 0.1) is 17.2 Å². The lowest BCUT2D eigenvalue weighted by Gasteiger charge is -2.23. The van der Waals surface area contributed by atoms with Gasteiger partial charge in [0, 0.05) is 23.8 Å². The SMILES string of the molecule is CC(C(N)=O)C(CCCN)c1oc2cc(C#N)ccc2c(=O)c1Cc1ccccc1. The van der Waals surface area contributed by atoms with Gasteiger partial charge in [-0.2, -0.15) is 5.26 Å². The fourth-order valence-corrected chi connectivity index (χ4v) is 3.73. The topological polar surface area (TPSA) is 123 Å². The van der Waals surface area contributed by atoms with Gasteiger partial charge in [-0.05, 0) is 43.1 Å². The Kier molecular flexibility index (Phi) is 6.65. The summed E-state index contributed by atoms with van der Waals surface area (Å²) in [5.41, 5.74) is 13.4. The highest BCUT2D eigenvalue weighted by Crippen LogP contribution is 2.33. The minimum absolute atomic E-state index is 0.158. The van der Waals surface area contributed by atoms with Gasteiger partial charge in [0.25, 0.3) is 0 Å². The van der Waals surface area contributed by atoms with E-state index in [0.717, 1.165) is 5.56 Å². The third-order valence-corrected chi connectivity index (χ3v) is 5.48. The average molecular weight is 403 g/mol. The highest BCUT2D eigenvalue weighted by molar-refractivity contribution is 5.80. The van der Waals surface area contributed by atoms with Crippen LogP contribution in [0.3, 0.4) is 0 Å². The van der Waals surface area contributed by atoms with Crippen molar-refractivity contribution in [1.82, 2.24) is 0 Å². The normalized spacial score (nSPS) is 13.0. The van der Waals surface area contributed by atoms with E-state index in [2.05, 4.69) is 6.07 Å². The first-order chi connectivity index (χ1) is 14.5. The van der Waals surface area contributed by atoms with Crippen LogP contribution >= 0.6 is 0 Å². The first-order valence-corrected chi connectivity index (χ1v) is 9.99. The molecule has 2 atom stereocenters. The first kappa shape index (κ1) is 21.3. The molecular formula is C24H25N3O3. The van der Waals surface area contributed by atoms with Gasteiger partial charge in [0.2, 0.25) is 5.91 Å². The summed E-state index contributed by atoms with van der Waals surface area (Å²) in [4.78, 5) is 25.5. The monoisotopic (exact) mass is 403 g/mol. The Bertz CT molecular complexity index is 1150. The second-order valence-corrected chi connectivity index (χ2v) is 7.49. The Balaban J connectivity index is 2.26. The molecule has 2 unspecified atom stereocenters. The zero-order valence-electron chi connectivity index (χ0n) is 16.9. The predicted octanol–water partition coefficient (Wildman–Crippen LogP) is 3.20. The van der Waals surface area contributed by atoms with Gasteiger partial charge >= 0.3 is 0 Å². The van der Waals surface area contributed by atoms with Gasteiger partial charge in [-0.1, -0.05) is 37.3 Å². The molecule has 0 aliphatic carbocycles. The predicted molar refractivity (Wildman–Crippen MR) is 116 cm³/mol. The van der Waals surface area contributed by atoms with Gasteiger partial charge in [0.1, 0.15) is 11.3 Å². The van der Waals surface area contributed by atoms with Gasteiger partial charge < -0.3 is 15.9 Å². The molecule has 3 rings (SSSR count). The molecule has 0 saturated carbocycles. The van der Waals surface area contributed by atoms with Crippen molar-refractivity contribution in [2.24, 2.45) is 17.4 Å². The van der Waals surface area contributed by atoms with E-state index in [1.54, 1.807) is 25.1 Å². The van der Waals surface area contributed by atoms with Crippen molar-refractivity contribution in [2.75, 3.05) is 6.54 Å². The molecule has 0 aliphatic rings. The fourth-order valence-electron chi connectivity index (χ4n) is 3.73. The van der Waals surface area contributed by atoms with Crippen molar-refractivity contribution in [3.05, 3.63) is 81.2 Å². The third-order valence-electron chi connectivity index (χ3n) is 5.48. The molecule has 3 aromatic rings. The van der Waals surface area contributed by atoms with Crippen LogP contribution in [0.25, 0.3) is 11.0 Å². The second-order valence-electron chi connectivity index (χ2n) is 7.49. The molecule has 0 bridgehead atoms. The van der Waals surface area contributed by atoms with Crippen LogP contribution in [0.15, 0.2) is 57.7 Å². The summed E-state index contributed by atoms with van der Waals surface area (Å²) in [6, 6.07) is 16.5. The number of primary amides is 1. The summed E-state index contributed by atoms with van der Waals surface area (Å²) in [5.74, 6) is -0.930. The summed E-state index contributed by atoms with van der Waals surface area (Å²) < 4.78 is 6.22. The van der Waals surface area contributed by atoms with E-state index in [0.29, 0.717) is 53.7 Å².